The Morgan fingerprint density at radius 2 is 2.06 bits per heavy atom. The molecule has 3 rings (SSSR count). The van der Waals surface area contributed by atoms with Crippen molar-refractivity contribution in [3.05, 3.63) is 23.8 Å². The van der Waals surface area contributed by atoms with E-state index < -0.39 is 6.04 Å². The molecule has 96 valence electrons. The molecule has 0 bridgehead atoms. The van der Waals surface area contributed by atoms with Crippen LogP contribution in [0, 0.1) is 0 Å². The average Bonchev–Trinajstić information content (AvgIpc) is 2.65. The maximum Gasteiger partial charge on any atom is 0.248 e. The SMILES string of the molecule is CN1C(=O)C(N)c2ccc(N3CCSCC3)cc21. The molecule has 2 N–H and O–H groups in total. The highest BCUT2D eigenvalue weighted by atomic mass is 32.2. The van der Waals surface area contributed by atoms with Crippen LogP contribution >= 0.6 is 11.8 Å². The number of benzene rings is 1. The third kappa shape index (κ3) is 1.78. The van der Waals surface area contributed by atoms with Crippen molar-refractivity contribution in [2.45, 2.75) is 6.04 Å². The Balaban J connectivity index is 1.94. The van der Waals surface area contributed by atoms with Crippen LogP contribution in [0.4, 0.5) is 11.4 Å². The number of fused-ring (bicyclic) bond motifs is 1. The number of hydrogen-bond acceptors (Lipinski definition) is 4. The molecule has 5 heteroatoms. The van der Waals surface area contributed by atoms with Crippen LogP contribution in [-0.2, 0) is 4.79 Å². The number of likely N-dealkylation sites (N-methyl/N-ethyl adjacent to an activating group) is 1. The predicted molar refractivity (Wildman–Crippen MR) is 76.3 cm³/mol. The molecule has 0 radical (unpaired) electrons. The van der Waals surface area contributed by atoms with Crippen LogP contribution in [0.2, 0.25) is 0 Å². The largest absolute Gasteiger partial charge is 0.370 e. The second-order valence-electron chi connectivity index (χ2n) is 4.72. The summed E-state index contributed by atoms with van der Waals surface area (Å²) in [6.07, 6.45) is 0. The zero-order chi connectivity index (χ0) is 12.7. The number of hydrogen-bond donors (Lipinski definition) is 1. The number of carbonyl (C=O) groups excluding carboxylic acids is 1. The van der Waals surface area contributed by atoms with E-state index in [0.29, 0.717) is 0 Å². The molecule has 0 spiro atoms. The van der Waals surface area contributed by atoms with Crippen molar-refractivity contribution in [1.29, 1.82) is 0 Å². The third-order valence-electron chi connectivity index (χ3n) is 3.68. The molecule has 1 saturated heterocycles. The maximum absolute atomic E-state index is 11.8. The highest BCUT2D eigenvalue weighted by Crippen LogP contribution is 2.36. The third-order valence-corrected chi connectivity index (χ3v) is 4.63. The van der Waals surface area contributed by atoms with Crippen molar-refractivity contribution in [3.63, 3.8) is 0 Å². The van der Waals surface area contributed by atoms with Gasteiger partial charge in [0, 0.05) is 42.9 Å². The Hall–Kier alpha value is -1.20. The Morgan fingerprint density at radius 3 is 2.78 bits per heavy atom. The highest BCUT2D eigenvalue weighted by Gasteiger charge is 2.32. The first-order chi connectivity index (χ1) is 8.68. The summed E-state index contributed by atoms with van der Waals surface area (Å²) in [6.45, 7) is 2.15. The van der Waals surface area contributed by atoms with Gasteiger partial charge in [0.15, 0.2) is 0 Å². The molecule has 1 unspecified atom stereocenters. The first-order valence-electron chi connectivity index (χ1n) is 6.18. The number of nitrogens with two attached hydrogens (primary N) is 1. The molecule has 1 atom stereocenters. The minimum absolute atomic E-state index is 0.0173. The van der Waals surface area contributed by atoms with Crippen molar-refractivity contribution >= 4 is 29.0 Å². The van der Waals surface area contributed by atoms with E-state index in [4.69, 9.17) is 5.73 Å². The number of rotatable bonds is 1. The fourth-order valence-electron chi connectivity index (χ4n) is 2.56. The van der Waals surface area contributed by atoms with Crippen LogP contribution in [0.1, 0.15) is 11.6 Å². The van der Waals surface area contributed by atoms with E-state index in [2.05, 4.69) is 17.0 Å². The summed E-state index contributed by atoms with van der Waals surface area (Å²) in [5.74, 6) is 2.33. The molecule has 2 aliphatic heterocycles. The summed E-state index contributed by atoms with van der Waals surface area (Å²) in [4.78, 5) is 15.9. The molecular weight excluding hydrogens is 246 g/mol. The van der Waals surface area contributed by atoms with Gasteiger partial charge in [-0.3, -0.25) is 4.79 Å². The van der Waals surface area contributed by atoms with Crippen LogP contribution in [0.5, 0.6) is 0 Å². The topological polar surface area (TPSA) is 49.6 Å². The van der Waals surface area contributed by atoms with E-state index in [0.717, 1.165) is 24.3 Å². The average molecular weight is 263 g/mol. The van der Waals surface area contributed by atoms with Crippen molar-refractivity contribution in [2.75, 3.05) is 41.4 Å². The lowest BCUT2D eigenvalue weighted by Gasteiger charge is -2.29. The minimum Gasteiger partial charge on any atom is -0.370 e. The number of amides is 1. The quantitative estimate of drug-likeness (QED) is 0.827. The van der Waals surface area contributed by atoms with Crippen LogP contribution in [0.25, 0.3) is 0 Å². The summed E-state index contributed by atoms with van der Waals surface area (Å²) in [5.41, 5.74) is 9.00. The molecule has 2 aliphatic rings. The summed E-state index contributed by atoms with van der Waals surface area (Å²) in [7, 11) is 1.80. The van der Waals surface area contributed by atoms with E-state index in [9.17, 15) is 4.79 Å². The lowest BCUT2D eigenvalue weighted by molar-refractivity contribution is -0.118. The molecule has 1 aromatic rings. The second kappa shape index (κ2) is 4.48. The van der Waals surface area contributed by atoms with Gasteiger partial charge in [0.2, 0.25) is 5.91 Å². The van der Waals surface area contributed by atoms with Gasteiger partial charge in [-0.25, -0.2) is 0 Å². The van der Waals surface area contributed by atoms with Crippen molar-refractivity contribution in [3.8, 4) is 0 Å². The van der Waals surface area contributed by atoms with E-state index in [1.54, 1.807) is 11.9 Å². The number of nitrogens with zero attached hydrogens (tertiary/aromatic N) is 2. The molecule has 0 aliphatic carbocycles. The minimum atomic E-state index is -0.490. The lowest BCUT2D eigenvalue weighted by atomic mass is 10.1. The molecule has 1 amide bonds. The molecule has 2 heterocycles. The van der Waals surface area contributed by atoms with Crippen molar-refractivity contribution in [2.24, 2.45) is 5.73 Å². The van der Waals surface area contributed by atoms with Crippen LogP contribution < -0.4 is 15.5 Å². The van der Waals surface area contributed by atoms with Crippen LogP contribution in [0.15, 0.2) is 18.2 Å². The van der Waals surface area contributed by atoms with E-state index >= 15 is 0 Å². The zero-order valence-corrected chi connectivity index (χ0v) is 11.2. The van der Waals surface area contributed by atoms with Gasteiger partial charge in [-0.2, -0.15) is 11.8 Å². The molecule has 4 nitrogen and oxygen atoms in total. The molecule has 1 aromatic carbocycles. The van der Waals surface area contributed by atoms with Gasteiger partial charge >= 0.3 is 0 Å². The smallest absolute Gasteiger partial charge is 0.248 e. The Kier molecular flexibility index (Phi) is 2.95. The van der Waals surface area contributed by atoms with Gasteiger partial charge in [-0.05, 0) is 12.1 Å². The number of anilines is 2. The first kappa shape index (κ1) is 11.9. The first-order valence-corrected chi connectivity index (χ1v) is 7.34. The summed E-state index contributed by atoms with van der Waals surface area (Å²) in [5, 5.41) is 0. The molecular formula is C13H17N3OS. The summed E-state index contributed by atoms with van der Waals surface area (Å²) < 4.78 is 0. The van der Waals surface area contributed by atoms with E-state index in [1.807, 2.05) is 17.8 Å². The Morgan fingerprint density at radius 1 is 1.33 bits per heavy atom. The Labute approximate surface area is 111 Å². The van der Waals surface area contributed by atoms with Crippen LogP contribution in [0.3, 0.4) is 0 Å². The lowest BCUT2D eigenvalue weighted by Crippen LogP contribution is -2.32. The van der Waals surface area contributed by atoms with E-state index in [1.165, 1.54) is 17.2 Å². The van der Waals surface area contributed by atoms with Crippen molar-refractivity contribution in [1.82, 2.24) is 0 Å². The van der Waals surface area contributed by atoms with Gasteiger partial charge in [0.1, 0.15) is 6.04 Å². The van der Waals surface area contributed by atoms with Gasteiger partial charge in [-0.15, -0.1) is 0 Å². The fraction of sp³-hybridized carbons (Fsp3) is 0.462. The molecule has 1 fully saturated rings. The second-order valence-corrected chi connectivity index (χ2v) is 5.94. The monoisotopic (exact) mass is 263 g/mol. The molecule has 18 heavy (non-hydrogen) atoms. The predicted octanol–water partition coefficient (Wildman–Crippen LogP) is 1.22. The highest BCUT2D eigenvalue weighted by molar-refractivity contribution is 7.99. The van der Waals surface area contributed by atoms with Gasteiger partial charge in [0.05, 0.1) is 5.69 Å². The number of carbonyl (C=O) groups is 1. The van der Waals surface area contributed by atoms with E-state index in [-0.39, 0.29) is 5.91 Å². The number of thioether (sulfide) groups is 1. The summed E-state index contributed by atoms with van der Waals surface area (Å²) in [6, 6.07) is 5.69. The van der Waals surface area contributed by atoms with Crippen molar-refractivity contribution < 1.29 is 4.79 Å². The van der Waals surface area contributed by atoms with Gasteiger partial charge in [0.25, 0.3) is 0 Å². The standard InChI is InChI=1S/C13H17N3OS/c1-15-11-8-9(16-4-6-18-7-5-16)2-3-10(11)12(14)13(15)17/h2-3,8,12H,4-7,14H2,1H3. The molecule has 0 saturated carbocycles. The Bertz CT molecular complexity index is 485. The van der Waals surface area contributed by atoms with Gasteiger partial charge < -0.3 is 15.5 Å². The fourth-order valence-corrected chi connectivity index (χ4v) is 3.47. The normalized spacial score (nSPS) is 23.4. The van der Waals surface area contributed by atoms with Crippen LogP contribution in [-0.4, -0.2) is 37.6 Å². The zero-order valence-electron chi connectivity index (χ0n) is 10.4. The maximum atomic E-state index is 11.8. The van der Waals surface area contributed by atoms with Gasteiger partial charge in [-0.1, -0.05) is 6.07 Å². The molecule has 0 aromatic heterocycles. The summed E-state index contributed by atoms with van der Waals surface area (Å²) >= 11 is 1.99.